The van der Waals surface area contributed by atoms with Gasteiger partial charge in [-0.3, -0.25) is 9.59 Å². The second-order valence-electron chi connectivity index (χ2n) is 5.82. The molecule has 0 saturated heterocycles. The number of aromatic amines is 1. The van der Waals surface area contributed by atoms with Crippen molar-refractivity contribution in [2.24, 2.45) is 0 Å². The van der Waals surface area contributed by atoms with Gasteiger partial charge in [0.15, 0.2) is 0 Å². The van der Waals surface area contributed by atoms with E-state index >= 15 is 0 Å². The molecule has 2 N–H and O–H groups in total. The summed E-state index contributed by atoms with van der Waals surface area (Å²) >= 11 is 0. The second-order valence-corrected chi connectivity index (χ2v) is 5.82. The number of aromatic nitrogens is 4. The van der Waals surface area contributed by atoms with E-state index in [9.17, 15) is 9.59 Å². The SMILES string of the molecule is CCc1cc(=O)nc(-n2nc(C)cc2NC(=O)c2ccc(C)cc2)[nH]1. The summed E-state index contributed by atoms with van der Waals surface area (Å²) in [5, 5.41) is 7.15. The van der Waals surface area contributed by atoms with E-state index in [0.717, 1.165) is 11.3 Å². The van der Waals surface area contributed by atoms with Gasteiger partial charge in [-0.2, -0.15) is 14.8 Å². The number of hydrogen-bond donors (Lipinski definition) is 2. The molecule has 0 aliphatic heterocycles. The van der Waals surface area contributed by atoms with Crippen LogP contribution in [0.1, 0.15) is 34.2 Å². The normalized spacial score (nSPS) is 10.7. The molecule has 0 fully saturated rings. The average molecular weight is 337 g/mol. The van der Waals surface area contributed by atoms with Gasteiger partial charge in [-0.05, 0) is 32.4 Å². The van der Waals surface area contributed by atoms with E-state index < -0.39 is 0 Å². The van der Waals surface area contributed by atoms with Gasteiger partial charge in [-0.25, -0.2) is 0 Å². The molecule has 3 rings (SSSR count). The first kappa shape index (κ1) is 16.6. The molecule has 2 heterocycles. The van der Waals surface area contributed by atoms with E-state index in [1.165, 1.54) is 10.7 Å². The van der Waals surface area contributed by atoms with Gasteiger partial charge in [0.2, 0.25) is 5.95 Å². The number of hydrogen-bond acceptors (Lipinski definition) is 4. The van der Waals surface area contributed by atoms with Crippen LogP contribution in [0.4, 0.5) is 5.82 Å². The van der Waals surface area contributed by atoms with E-state index in [2.05, 4.69) is 20.4 Å². The Morgan fingerprint density at radius 1 is 1.20 bits per heavy atom. The molecule has 1 amide bonds. The van der Waals surface area contributed by atoms with E-state index in [1.807, 2.05) is 26.0 Å². The van der Waals surface area contributed by atoms with Crippen molar-refractivity contribution in [2.45, 2.75) is 27.2 Å². The van der Waals surface area contributed by atoms with E-state index in [-0.39, 0.29) is 17.4 Å². The first-order chi connectivity index (χ1) is 12.0. The molecule has 7 heteroatoms. The molecule has 0 aliphatic rings. The number of H-pyrrole nitrogens is 1. The van der Waals surface area contributed by atoms with Crippen LogP contribution in [0, 0.1) is 13.8 Å². The van der Waals surface area contributed by atoms with Crippen LogP contribution < -0.4 is 10.9 Å². The lowest BCUT2D eigenvalue weighted by molar-refractivity contribution is 0.102. The van der Waals surface area contributed by atoms with Crippen molar-refractivity contribution in [1.29, 1.82) is 0 Å². The minimum Gasteiger partial charge on any atom is -0.328 e. The number of benzene rings is 1. The van der Waals surface area contributed by atoms with E-state index in [1.54, 1.807) is 25.1 Å². The summed E-state index contributed by atoms with van der Waals surface area (Å²) in [5.41, 5.74) is 2.72. The summed E-state index contributed by atoms with van der Waals surface area (Å²) in [5.74, 6) is 0.464. The summed E-state index contributed by atoms with van der Waals surface area (Å²) in [6.45, 7) is 5.70. The average Bonchev–Trinajstić information content (AvgIpc) is 2.95. The van der Waals surface area contributed by atoms with Crippen LogP contribution in [0.3, 0.4) is 0 Å². The third kappa shape index (κ3) is 3.65. The molecule has 0 aliphatic carbocycles. The number of rotatable bonds is 4. The molecule has 3 aromatic rings. The standard InChI is InChI=1S/C18H19N5O2/c1-4-14-10-16(24)21-18(19-14)23-15(9-12(3)22-23)20-17(25)13-7-5-11(2)6-8-13/h5-10H,4H2,1-3H3,(H,20,25)(H,19,21,24). The largest absolute Gasteiger partial charge is 0.328 e. The molecule has 0 bridgehead atoms. The number of nitrogens with zero attached hydrogens (tertiary/aromatic N) is 3. The van der Waals surface area contributed by atoms with E-state index in [4.69, 9.17) is 0 Å². The van der Waals surface area contributed by atoms with Gasteiger partial charge >= 0.3 is 0 Å². The molecule has 128 valence electrons. The number of anilines is 1. The van der Waals surface area contributed by atoms with Crippen LogP contribution in [-0.2, 0) is 6.42 Å². The highest BCUT2D eigenvalue weighted by Gasteiger charge is 2.14. The highest BCUT2D eigenvalue weighted by molar-refractivity contribution is 6.03. The predicted molar refractivity (Wildman–Crippen MR) is 95.2 cm³/mol. The molecule has 0 saturated carbocycles. The van der Waals surface area contributed by atoms with Crippen molar-refractivity contribution in [3.05, 3.63) is 69.3 Å². The molecular weight excluding hydrogens is 318 g/mol. The molecule has 2 aromatic heterocycles. The highest BCUT2D eigenvalue weighted by atomic mass is 16.1. The molecule has 25 heavy (non-hydrogen) atoms. The Bertz CT molecular complexity index is 970. The van der Waals surface area contributed by atoms with Gasteiger partial charge in [-0.1, -0.05) is 24.6 Å². The Hall–Kier alpha value is -3.22. The Morgan fingerprint density at radius 3 is 2.60 bits per heavy atom. The fourth-order valence-corrected chi connectivity index (χ4v) is 2.43. The summed E-state index contributed by atoms with van der Waals surface area (Å²) in [4.78, 5) is 31.3. The molecule has 0 radical (unpaired) electrons. The molecule has 1 aromatic carbocycles. The van der Waals surface area contributed by atoms with Crippen molar-refractivity contribution in [1.82, 2.24) is 19.7 Å². The quantitative estimate of drug-likeness (QED) is 0.764. The maximum absolute atomic E-state index is 12.5. The Balaban J connectivity index is 1.96. The lowest BCUT2D eigenvalue weighted by Crippen LogP contribution is -2.19. The second kappa shape index (κ2) is 6.72. The van der Waals surface area contributed by atoms with Crippen LogP contribution in [0.5, 0.6) is 0 Å². The first-order valence-corrected chi connectivity index (χ1v) is 8.01. The smallest absolute Gasteiger partial charge is 0.274 e. The predicted octanol–water partition coefficient (Wildman–Crippen LogP) is 2.39. The zero-order valence-electron chi connectivity index (χ0n) is 14.3. The van der Waals surface area contributed by atoms with Crippen molar-refractivity contribution in [2.75, 3.05) is 5.32 Å². The maximum atomic E-state index is 12.5. The molecule has 0 unspecified atom stereocenters. The van der Waals surface area contributed by atoms with E-state index in [0.29, 0.717) is 23.5 Å². The van der Waals surface area contributed by atoms with Crippen LogP contribution >= 0.6 is 0 Å². The monoisotopic (exact) mass is 337 g/mol. The fourth-order valence-electron chi connectivity index (χ4n) is 2.43. The van der Waals surface area contributed by atoms with Crippen molar-refractivity contribution >= 4 is 11.7 Å². The summed E-state index contributed by atoms with van der Waals surface area (Å²) < 4.78 is 1.43. The Kier molecular flexibility index (Phi) is 4.47. The van der Waals surface area contributed by atoms with Crippen molar-refractivity contribution in [3.8, 4) is 5.95 Å². The summed E-state index contributed by atoms with van der Waals surface area (Å²) in [6, 6.07) is 10.4. The molecular formula is C18H19N5O2. The van der Waals surface area contributed by atoms with Crippen molar-refractivity contribution in [3.63, 3.8) is 0 Å². The number of aryl methyl sites for hydroxylation is 3. The minimum atomic E-state index is -0.352. The maximum Gasteiger partial charge on any atom is 0.274 e. The van der Waals surface area contributed by atoms with Gasteiger partial charge in [0.1, 0.15) is 5.82 Å². The molecule has 0 atom stereocenters. The molecule has 0 spiro atoms. The Morgan fingerprint density at radius 2 is 1.92 bits per heavy atom. The van der Waals surface area contributed by atoms with Gasteiger partial charge in [0.25, 0.3) is 11.5 Å². The van der Waals surface area contributed by atoms with Gasteiger partial charge in [0.05, 0.1) is 5.69 Å². The summed E-state index contributed by atoms with van der Waals surface area (Å²) in [6.07, 6.45) is 0.663. The number of nitrogens with one attached hydrogen (secondary N) is 2. The topological polar surface area (TPSA) is 92.7 Å². The third-order valence-electron chi connectivity index (χ3n) is 3.75. The number of carbonyl (C=O) groups is 1. The lowest BCUT2D eigenvalue weighted by atomic mass is 10.1. The highest BCUT2D eigenvalue weighted by Crippen LogP contribution is 2.15. The van der Waals surface area contributed by atoms with Crippen molar-refractivity contribution < 1.29 is 4.79 Å². The fraction of sp³-hybridized carbons (Fsp3) is 0.222. The van der Waals surface area contributed by atoms with Crippen LogP contribution in [0.25, 0.3) is 5.95 Å². The minimum absolute atomic E-state index is 0.254. The number of amides is 1. The van der Waals surface area contributed by atoms with Crippen LogP contribution in [0.15, 0.2) is 41.2 Å². The van der Waals surface area contributed by atoms with Crippen LogP contribution in [0.2, 0.25) is 0 Å². The van der Waals surface area contributed by atoms with Gasteiger partial charge < -0.3 is 10.3 Å². The first-order valence-electron chi connectivity index (χ1n) is 8.01. The lowest BCUT2D eigenvalue weighted by Gasteiger charge is -2.09. The number of carbonyl (C=O) groups excluding carboxylic acids is 1. The van der Waals surface area contributed by atoms with Gasteiger partial charge in [0, 0.05) is 23.4 Å². The zero-order chi connectivity index (χ0) is 18.0. The van der Waals surface area contributed by atoms with Crippen LogP contribution in [-0.4, -0.2) is 25.7 Å². The Labute approximate surface area is 144 Å². The zero-order valence-corrected chi connectivity index (χ0v) is 14.3. The summed E-state index contributed by atoms with van der Waals surface area (Å²) in [7, 11) is 0. The van der Waals surface area contributed by atoms with Gasteiger partial charge in [-0.15, -0.1) is 0 Å². The molecule has 7 nitrogen and oxygen atoms in total. The third-order valence-corrected chi connectivity index (χ3v) is 3.75.